The number of nitrogens with one attached hydrogen (secondary N) is 2. The summed E-state index contributed by atoms with van der Waals surface area (Å²) in [5, 5.41) is 9.54. The number of ether oxygens (including phenoxy) is 1. The molecule has 5 nitrogen and oxygen atoms in total. The van der Waals surface area contributed by atoms with Gasteiger partial charge in [-0.3, -0.25) is 4.79 Å². The number of piperidine rings is 1. The van der Waals surface area contributed by atoms with Gasteiger partial charge >= 0.3 is 0 Å². The van der Waals surface area contributed by atoms with Crippen LogP contribution in [0.1, 0.15) is 34.3 Å². The van der Waals surface area contributed by atoms with Crippen LogP contribution < -0.4 is 15.4 Å². The third-order valence-electron chi connectivity index (χ3n) is 3.85. The number of hydrogen-bond acceptors (Lipinski definition) is 5. The molecule has 1 fully saturated rings. The summed E-state index contributed by atoms with van der Waals surface area (Å²) in [6.45, 7) is 2.01. The van der Waals surface area contributed by atoms with Crippen molar-refractivity contribution in [3.8, 4) is 5.75 Å². The number of nitrogens with zero attached hydrogens (tertiary/aromatic N) is 1. The monoisotopic (exact) mass is 351 g/mol. The van der Waals surface area contributed by atoms with E-state index in [4.69, 9.17) is 16.3 Å². The molecule has 1 saturated heterocycles. The van der Waals surface area contributed by atoms with E-state index in [1.807, 2.05) is 5.38 Å². The molecule has 0 bridgehead atoms. The van der Waals surface area contributed by atoms with Crippen LogP contribution in [0.25, 0.3) is 0 Å². The molecule has 0 unspecified atom stereocenters. The van der Waals surface area contributed by atoms with Crippen molar-refractivity contribution in [2.45, 2.75) is 18.8 Å². The first kappa shape index (κ1) is 16.2. The maximum Gasteiger partial charge on any atom is 0.275 e. The highest BCUT2D eigenvalue weighted by atomic mass is 35.5. The Balaban J connectivity index is 1.73. The predicted octanol–water partition coefficient (Wildman–Crippen LogP) is 3.52. The number of benzene rings is 1. The second kappa shape index (κ2) is 7.29. The molecule has 1 aliphatic heterocycles. The molecular formula is C16H18ClN3O2S. The zero-order valence-corrected chi connectivity index (χ0v) is 14.3. The van der Waals surface area contributed by atoms with Crippen LogP contribution in [-0.4, -0.2) is 31.1 Å². The van der Waals surface area contributed by atoms with Crippen molar-refractivity contribution in [2.24, 2.45) is 0 Å². The summed E-state index contributed by atoms with van der Waals surface area (Å²) >= 11 is 7.53. The van der Waals surface area contributed by atoms with Crippen LogP contribution in [0, 0.1) is 0 Å². The van der Waals surface area contributed by atoms with Gasteiger partial charge in [-0.2, -0.15) is 0 Å². The van der Waals surface area contributed by atoms with Gasteiger partial charge < -0.3 is 15.4 Å². The Kier molecular flexibility index (Phi) is 5.15. The molecule has 0 saturated carbocycles. The fraction of sp³-hybridized carbons (Fsp3) is 0.375. The SMILES string of the molecule is COc1ccc(Cl)cc1NC(=O)c1csc(C2CCNCC2)n1. The molecule has 3 rings (SSSR count). The summed E-state index contributed by atoms with van der Waals surface area (Å²) in [6, 6.07) is 5.10. The van der Waals surface area contributed by atoms with Gasteiger partial charge in [-0.05, 0) is 44.1 Å². The summed E-state index contributed by atoms with van der Waals surface area (Å²) in [4.78, 5) is 16.9. The van der Waals surface area contributed by atoms with Gasteiger partial charge in [-0.15, -0.1) is 11.3 Å². The molecule has 0 atom stereocenters. The van der Waals surface area contributed by atoms with Gasteiger partial charge in [0.2, 0.25) is 0 Å². The molecule has 1 amide bonds. The summed E-state index contributed by atoms with van der Waals surface area (Å²) in [6.07, 6.45) is 2.13. The molecule has 1 aromatic heterocycles. The van der Waals surface area contributed by atoms with E-state index in [2.05, 4.69) is 15.6 Å². The highest BCUT2D eigenvalue weighted by Crippen LogP contribution is 2.30. The van der Waals surface area contributed by atoms with Gasteiger partial charge in [0.25, 0.3) is 5.91 Å². The van der Waals surface area contributed by atoms with E-state index in [-0.39, 0.29) is 5.91 Å². The zero-order valence-electron chi connectivity index (χ0n) is 12.8. The van der Waals surface area contributed by atoms with E-state index >= 15 is 0 Å². The van der Waals surface area contributed by atoms with Crippen LogP contribution in [0.3, 0.4) is 0 Å². The number of anilines is 1. The van der Waals surface area contributed by atoms with Crippen molar-refractivity contribution < 1.29 is 9.53 Å². The van der Waals surface area contributed by atoms with E-state index in [1.165, 1.54) is 0 Å². The molecule has 122 valence electrons. The van der Waals surface area contributed by atoms with Crippen molar-refractivity contribution >= 4 is 34.5 Å². The number of halogens is 1. The Morgan fingerprint density at radius 1 is 1.43 bits per heavy atom. The number of hydrogen-bond donors (Lipinski definition) is 2. The molecule has 1 aromatic carbocycles. The molecule has 2 aromatic rings. The number of aromatic nitrogens is 1. The first-order valence-corrected chi connectivity index (χ1v) is 8.74. The lowest BCUT2D eigenvalue weighted by molar-refractivity contribution is 0.102. The van der Waals surface area contributed by atoms with Crippen molar-refractivity contribution in [3.63, 3.8) is 0 Å². The minimum Gasteiger partial charge on any atom is -0.495 e. The van der Waals surface area contributed by atoms with Crippen LogP contribution in [0.4, 0.5) is 5.69 Å². The molecular weight excluding hydrogens is 334 g/mol. The van der Waals surface area contributed by atoms with Crippen molar-refractivity contribution in [3.05, 3.63) is 39.3 Å². The van der Waals surface area contributed by atoms with Gasteiger partial charge in [0.05, 0.1) is 17.8 Å². The normalized spacial score (nSPS) is 15.4. The molecule has 23 heavy (non-hydrogen) atoms. The average Bonchev–Trinajstić information content (AvgIpc) is 3.06. The predicted molar refractivity (Wildman–Crippen MR) is 92.9 cm³/mol. The Bertz CT molecular complexity index is 698. The lowest BCUT2D eigenvalue weighted by atomic mass is 9.99. The number of amides is 1. The Hall–Kier alpha value is -1.63. The van der Waals surface area contributed by atoms with Crippen LogP contribution in [-0.2, 0) is 0 Å². The van der Waals surface area contributed by atoms with Crippen LogP contribution in [0.5, 0.6) is 5.75 Å². The first-order chi connectivity index (χ1) is 11.2. The van der Waals surface area contributed by atoms with Gasteiger partial charge in [0.1, 0.15) is 11.4 Å². The Morgan fingerprint density at radius 3 is 2.96 bits per heavy atom. The quantitative estimate of drug-likeness (QED) is 0.884. The number of carbonyl (C=O) groups excluding carboxylic acids is 1. The Morgan fingerprint density at radius 2 is 2.22 bits per heavy atom. The standard InChI is InChI=1S/C16H18ClN3O2S/c1-22-14-3-2-11(17)8-12(14)19-15(21)13-9-23-16(20-13)10-4-6-18-7-5-10/h2-3,8-10,18H,4-7H2,1H3,(H,19,21). The van der Waals surface area contributed by atoms with Crippen LogP contribution >= 0.6 is 22.9 Å². The largest absolute Gasteiger partial charge is 0.495 e. The molecule has 1 aliphatic rings. The summed E-state index contributed by atoms with van der Waals surface area (Å²) < 4.78 is 5.24. The number of rotatable bonds is 4. The Labute approximate surface area is 144 Å². The van der Waals surface area contributed by atoms with Gasteiger partial charge in [0.15, 0.2) is 0 Å². The molecule has 2 heterocycles. The molecule has 0 aliphatic carbocycles. The molecule has 0 spiro atoms. The van der Waals surface area contributed by atoms with Gasteiger partial charge in [-0.25, -0.2) is 4.98 Å². The summed E-state index contributed by atoms with van der Waals surface area (Å²) in [5.74, 6) is 0.766. The first-order valence-electron chi connectivity index (χ1n) is 7.48. The summed E-state index contributed by atoms with van der Waals surface area (Å²) in [7, 11) is 1.55. The van der Waals surface area contributed by atoms with E-state index in [0.29, 0.717) is 28.1 Å². The molecule has 0 radical (unpaired) electrons. The number of thiazole rings is 1. The fourth-order valence-corrected chi connectivity index (χ4v) is 3.76. The third kappa shape index (κ3) is 3.83. The topological polar surface area (TPSA) is 63.2 Å². The van der Waals surface area contributed by atoms with Gasteiger partial charge in [-0.1, -0.05) is 11.6 Å². The second-order valence-corrected chi connectivity index (χ2v) is 6.72. The van der Waals surface area contributed by atoms with Crippen LogP contribution in [0.15, 0.2) is 23.6 Å². The lowest BCUT2D eigenvalue weighted by Crippen LogP contribution is -2.26. The van der Waals surface area contributed by atoms with E-state index in [0.717, 1.165) is 30.9 Å². The van der Waals surface area contributed by atoms with E-state index < -0.39 is 0 Å². The maximum absolute atomic E-state index is 12.4. The third-order valence-corrected chi connectivity index (χ3v) is 5.10. The lowest BCUT2D eigenvalue weighted by Gasteiger charge is -2.20. The highest BCUT2D eigenvalue weighted by molar-refractivity contribution is 7.10. The van der Waals surface area contributed by atoms with E-state index in [9.17, 15) is 4.79 Å². The molecule has 7 heteroatoms. The highest BCUT2D eigenvalue weighted by Gasteiger charge is 2.20. The number of methoxy groups -OCH3 is 1. The average molecular weight is 352 g/mol. The molecule has 2 N–H and O–H groups in total. The number of carbonyl (C=O) groups is 1. The van der Waals surface area contributed by atoms with Gasteiger partial charge in [0, 0.05) is 16.3 Å². The van der Waals surface area contributed by atoms with Crippen molar-refractivity contribution in [1.29, 1.82) is 0 Å². The summed E-state index contributed by atoms with van der Waals surface area (Å²) in [5.41, 5.74) is 0.979. The van der Waals surface area contributed by atoms with Crippen molar-refractivity contribution in [2.75, 3.05) is 25.5 Å². The van der Waals surface area contributed by atoms with E-state index in [1.54, 1.807) is 36.6 Å². The smallest absolute Gasteiger partial charge is 0.275 e. The minimum absolute atomic E-state index is 0.248. The van der Waals surface area contributed by atoms with Crippen molar-refractivity contribution in [1.82, 2.24) is 10.3 Å². The second-order valence-electron chi connectivity index (χ2n) is 5.39. The zero-order chi connectivity index (χ0) is 16.2. The van der Waals surface area contributed by atoms with Crippen LogP contribution in [0.2, 0.25) is 5.02 Å². The fourth-order valence-electron chi connectivity index (χ4n) is 2.61. The maximum atomic E-state index is 12.4. The minimum atomic E-state index is -0.248.